The maximum absolute atomic E-state index is 11.8. The van der Waals surface area contributed by atoms with Crippen LogP contribution in [-0.4, -0.2) is 34.8 Å². The third kappa shape index (κ3) is 6.03. The van der Waals surface area contributed by atoms with Crippen LogP contribution in [0.25, 0.3) is 0 Å². The molecule has 0 saturated heterocycles. The first kappa shape index (κ1) is 15.7. The molecule has 2 amide bonds. The van der Waals surface area contributed by atoms with Crippen molar-refractivity contribution in [3.05, 3.63) is 29.6 Å². The standard InChI is InChI=1S/C11H12F3N3O3/c12-11(13,14)2-4-16-10(20)17-6-8-5-7(9(18)19)1-3-15-8/h1,3,5H,2,4,6H2,(H,18,19)(H2,16,17,20). The van der Waals surface area contributed by atoms with Crippen LogP contribution < -0.4 is 10.6 Å². The highest BCUT2D eigenvalue weighted by Crippen LogP contribution is 2.17. The van der Waals surface area contributed by atoms with Gasteiger partial charge in [-0.15, -0.1) is 0 Å². The molecular formula is C11H12F3N3O3. The number of carboxylic acids is 1. The first-order chi connectivity index (χ1) is 9.28. The number of alkyl halides is 3. The Bertz CT molecular complexity index is 491. The molecule has 0 aromatic carbocycles. The van der Waals surface area contributed by atoms with Gasteiger partial charge in [0.2, 0.25) is 0 Å². The lowest BCUT2D eigenvalue weighted by atomic mass is 10.2. The van der Waals surface area contributed by atoms with Crippen LogP contribution in [0.15, 0.2) is 18.3 Å². The molecule has 20 heavy (non-hydrogen) atoms. The summed E-state index contributed by atoms with van der Waals surface area (Å²) in [4.78, 5) is 25.7. The zero-order chi connectivity index (χ0) is 15.2. The summed E-state index contributed by atoms with van der Waals surface area (Å²) in [5.41, 5.74) is 0.296. The Morgan fingerprint density at radius 1 is 1.30 bits per heavy atom. The van der Waals surface area contributed by atoms with Crippen molar-refractivity contribution in [3.8, 4) is 0 Å². The summed E-state index contributed by atoms with van der Waals surface area (Å²) in [7, 11) is 0. The lowest BCUT2D eigenvalue weighted by Gasteiger charge is -2.09. The van der Waals surface area contributed by atoms with Crippen LogP contribution in [0.2, 0.25) is 0 Å². The summed E-state index contributed by atoms with van der Waals surface area (Å²) in [6.45, 7) is -0.614. The first-order valence-corrected chi connectivity index (χ1v) is 5.54. The molecule has 0 saturated carbocycles. The number of pyridine rings is 1. The Morgan fingerprint density at radius 3 is 2.60 bits per heavy atom. The number of hydrogen-bond acceptors (Lipinski definition) is 3. The first-order valence-electron chi connectivity index (χ1n) is 5.54. The Morgan fingerprint density at radius 2 is 2.00 bits per heavy atom. The maximum Gasteiger partial charge on any atom is 0.390 e. The molecule has 0 unspecified atom stereocenters. The minimum atomic E-state index is -4.33. The van der Waals surface area contributed by atoms with E-state index in [1.807, 2.05) is 5.32 Å². The molecule has 1 rings (SSSR count). The fourth-order valence-electron chi connectivity index (χ4n) is 1.26. The molecule has 1 aromatic heterocycles. The Hall–Kier alpha value is -2.32. The fraction of sp³-hybridized carbons (Fsp3) is 0.364. The van der Waals surface area contributed by atoms with E-state index in [2.05, 4.69) is 10.3 Å². The maximum atomic E-state index is 11.8. The topological polar surface area (TPSA) is 91.3 Å². The summed E-state index contributed by atoms with van der Waals surface area (Å²) in [5, 5.41) is 13.1. The van der Waals surface area contributed by atoms with Crippen LogP contribution in [0.4, 0.5) is 18.0 Å². The fourth-order valence-corrected chi connectivity index (χ4v) is 1.26. The lowest BCUT2D eigenvalue weighted by Crippen LogP contribution is -2.37. The van der Waals surface area contributed by atoms with Crippen molar-refractivity contribution in [2.75, 3.05) is 6.54 Å². The van der Waals surface area contributed by atoms with Crippen LogP contribution in [-0.2, 0) is 6.54 Å². The number of carbonyl (C=O) groups is 2. The van der Waals surface area contributed by atoms with Crippen molar-refractivity contribution in [2.45, 2.75) is 19.1 Å². The summed E-state index contributed by atoms with van der Waals surface area (Å²) >= 11 is 0. The predicted molar refractivity (Wildman–Crippen MR) is 62.1 cm³/mol. The van der Waals surface area contributed by atoms with Gasteiger partial charge in [-0.25, -0.2) is 9.59 Å². The van der Waals surface area contributed by atoms with Gasteiger partial charge in [-0.2, -0.15) is 13.2 Å². The number of hydrogen-bond donors (Lipinski definition) is 3. The third-order valence-electron chi connectivity index (χ3n) is 2.19. The number of carbonyl (C=O) groups excluding carboxylic acids is 1. The number of rotatable bonds is 5. The summed E-state index contributed by atoms with van der Waals surface area (Å²) in [5.74, 6) is -1.14. The van der Waals surface area contributed by atoms with E-state index in [9.17, 15) is 22.8 Å². The van der Waals surface area contributed by atoms with Crippen molar-refractivity contribution in [2.24, 2.45) is 0 Å². The molecule has 0 fully saturated rings. The smallest absolute Gasteiger partial charge is 0.390 e. The van der Waals surface area contributed by atoms with E-state index >= 15 is 0 Å². The van der Waals surface area contributed by atoms with E-state index in [4.69, 9.17) is 5.11 Å². The second-order valence-corrected chi connectivity index (χ2v) is 3.82. The van der Waals surface area contributed by atoms with E-state index in [-0.39, 0.29) is 17.8 Å². The third-order valence-corrected chi connectivity index (χ3v) is 2.19. The van der Waals surface area contributed by atoms with Crippen molar-refractivity contribution < 1.29 is 27.9 Å². The zero-order valence-electron chi connectivity index (χ0n) is 10.2. The van der Waals surface area contributed by atoms with Crippen LogP contribution in [0, 0.1) is 0 Å². The molecule has 0 aliphatic heterocycles. The van der Waals surface area contributed by atoms with Gasteiger partial charge in [0.05, 0.1) is 24.2 Å². The van der Waals surface area contributed by atoms with E-state index in [1.165, 1.54) is 18.3 Å². The summed E-state index contributed by atoms with van der Waals surface area (Å²) in [6.07, 6.45) is -4.18. The number of urea groups is 1. The molecule has 6 nitrogen and oxygen atoms in total. The van der Waals surface area contributed by atoms with Crippen LogP contribution in [0.5, 0.6) is 0 Å². The number of amides is 2. The lowest BCUT2D eigenvalue weighted by molar-refractivity contribution is -0.132. The van der Waals surface area contributed by atoms with Crippen molar-refractivity contribution in [1.29, 1.82) is 0 Å². The highest BCUT2D eigenvalue weighted by molar-refractivity contribution is 5.87. The van der Waals surface area contributed by atoms with Gasteiger partial charge in [0, 0.05) is 12.7 Å². The van der Waals surface area contributed by atoms with E-state index < -0.39 is 31.1 Å². The molecule has 0 radical (unpaired) electrons. The highest BCUT2D eigenvalue weighted by atomic mass is 19.4. The van der Waals surface area contributed by atoms with E-state index in [0.717, 1.165) is 0 Å². The second-order valence-electron chi connectivity index (χ2n) is 3.82. The zero-order valence-corrected chi connectivity index (χ0v) is 10.2. The highest BCUT2D eigenvalue weighted by Gasteiger charge is 2.26. The molecule has 0 bridgehead atoms. The molecule has 9 heteroatoms. The number of nitrogens with zero attached hydrogens (tertiary/aromatic N) is 1. The van der Waals surface area contributed by atoms with E-state index in [0.29, 0.717) is 0 Å². The normalized spacial score (nSPS) is 10.9. The quantitative estimate of drug-likeness (QED) is 0.767. The van der Waals surface area contributed by atoms with Crippen LogP contribution >= 0.6 is 0 Å². The molecule has 0 aliphatic carbocycles. The van der Waals surface area contributed by atoms with Gasteiger partial charge in [-0.3, -0.25) is 4.98 Å². The van der Waals surface area contributed by atoms with Crippen molar-refractivity contribution in [1.82, 2.24) is 15.6 Å². The van der Waals surface area contributed by atoms with Crippen molar-refractivity contribution in [3.63, 3.8) is 0 Å². The van der Waals surface area contributed by atoms with Crippen LogP contribution in [0.3, 0.4) is 0 Å². The Balaban J connectivity index is 2.37. The molecular weight excluding hydrogens is 279 g/mol. The van der Waals surface area contributed by atoms with Gasteiger partial charge >= 0.3 is 18.2 Å². The Kier molecular flexibility index (Phi) is 5.30. The molecule has 1 aromatic rings. The average molecular weight is 291 g/mol. The summed E-state index contributed by atoms with van der Waals surface area (Å²) in [6, 6.07) is 1.77. The molecule has 1 heterocycles. The van der Waals surface area contributed by atoms with Crippen molar-refractivity contribution >= 4 is 12.0 Å². The molecule has 0 spiro atoms. The minimum Gasteiger partial charge on any atom is -0.478 e. The van der Waals surface area contributed by atoms with Gasteiger partial charge in [0.25, 0.3) is 0 Å². The molecule has 0 atom stereocenters. The number of carboxylic acid groups (broad SMARTS) is 1. The van der Waals surface area contributed by atoms with Gasteiger partial charge < -0.3 is 15.7 Å². The molecule has 3 N–H and O–H groups in total. The second kappa shape index (κ2) is 6.73. The number of aromatic nitrogens is 1. The molecule has 110 valence electrons. The van der Waals surface area contributed by atoms with Gasteiger partial charge in [-0.1, -0.05) is 0 Å². The minimum absolute atomic E-state index is 0.00859. The van der Waals surface area contributed by atoms with Gasteiger partial charge in [0.1, 0.15) is 0 Å². The number of halogens is 3. The van der Waals surface area contributed by atoms with Gasteiger partial charge in [0.15, 0.2) is 0 Å². The Labute approximate surface area is 112 Å². The van der Waals surface area contributed by atoms with Gasteiger partial charge in [-0.05, 0) is 12.1 Å². The number of nitrogens with one attached hydrogen (secondary N) is 2. The van der Waals surface area contributed by atoms with Crippen LogP contribution in [0.1, 0.15) is 22.5 Å². The average Bonchev–Trinajstić information content (AvgIpc) is 2.35. The monoisotopic (exact) mass is 291 g/mol. The number of aromatic carboxylic acids is 1. The largest absolute Gasteiger partial charge is 0.478 e. The van der Waals surface area contributed by atoms with E-state index in [1.54, 1.807) is 0 Å². The molecule has 0 aliphatic rings. The SMILES string of the molecule is O=C(NCCC(F)(F)F)NCc1cc(C(=O)O)ccn1. The predicted octanol–water partition coefficient (Wildman–Crippen LogP) is 1.53. The summed E-state index contributed by atoms with van der Waals surface area (Å²) < 4.78 is 35.5.